The zero-order chi connectivity index (χ0) is 14.5. The lowest BCUT2D eigenvalue weighted by atomic mass is 9.88. The van der Waals surface area contributed by atoms with Gasteiger partial charge in [0, 0.05) is 18.5 Å². The third-order valence-corrected chi connectivity index (χ3v) is 4.46. The van der Waals surface area contributed by atoms with E-state index >= 15 is 0 Å². The second-order valence-corrected chi connectivity index (χ2v) is 6.08. The van der Waals surface area contributed by atoms with Gasteiger partial charge in [-0.2, -0.15) is 0 Å². The molecule has 1 heterocycles. The molecule has 0 aromatic heterocycles. The van der Waals surface area contributed by atoms with Gasteiger partial charge >= 0.3 is 0 Å². The lowest BCUT2D eigenvalue weighted by Crippen LogP contribution is -2.38. The summed E-state index contributed by atoms with van der Waals surface area (Å²) in [5.41, 5.74) is 0.618. The minimum Gasteiger partial charge on any atom is -0.303 e. The van der Waals surface area contributed by atoms with Crippen molar-refractivity contribution in [3.8, 4) is 0 Å². The van der Waals surface area contributed by atoms with Crippen LogP contribution in [0.15, 0.2) is 24.3 Å². The molecule has 0 N–H and O–H groups in total. The van der Waals surface area contributed by atoms with E-state index in [0.717, 1.165) is 37.9 Å². The first-order valence-corrected chi connectivity index (χ1v) is 7.57. The van der Waals surface area contributed by atoms with Crippen molar-refractivity contribution in [1.29, 1.82) is 0 Å². The Morgan fingerprint density at radius 1 is 1.25 bits per heavy atom. The van der Waals surface area contributed by atoms with Crippen LogP contribution in [0, 0.1) is 17.7 Å². The number of carbonyl (C=O) groups excluding carboxylic acids is 1. The molecule has 110 valence electrons. The Labute approximate surface area is 121 Å². The van der Waals surface area contributed by atoms with Crippen LogP contribution in [-0.2, 0) is 0 Å². The zero-order valence-corrected chi connectivity index (χ0v) is 12.4. The fourth-order valence-electron chi connectivity index (χ4n) is 2.80. The fraction of sp³-hybridized carbons (Fsp3) is 0.588. The van der Waals surface area contributed by atoms with Crippen molar-refractivity contribution in [2.45, 2.75) is 33.1 Å². The van der Waals surface area contributed by atoms with E-state index in [1.165, 1.54) is 18.6 Å². The predicted octanol–water partition coefficient (Wildman–Crippen LogP) is 3.77. The quantitative estimate of drug-likeness (QED) is 0.764. The number of carbonyl (C=O) groups is 1. The van der Waals surface area contributed by atoms with Crippen molar-refractivity contribution in [3.63, 3.8) is 0 Å². The van der Waals surface area contributed by atoms with E-state index in [0.29, 0.717) is 12.0 Å². The van der Waals surface area contributed by atoms with Gasteiger partial charge in [0.1, 0.15) is 5.82 Å². The number of benzene rings is 1. The van der Waals surface area contributed by atoms with Crippen LogP contribution in [-0.4, -0.2) is 30.3 Å². The Balaban J connectivity index is 1.73. The number of halogens is 1. The van der Waals surface area contributed by atoms with Gasteiger partial charge in [0.2, 0.25) is 0 Å². The van der Waals surface area contributed by atoms with Gasteiger partial charge in [-0.1, -0.05) is 13.8 Å². The van der Waals surface area contributed by atoms with Crippen LogP contribution in [0.25, 0.3) is 0 Å². The summed E-state index contributed by atoms with van der Waals surface area (Å²) in [5.74, 6) is 1.38. The summed E-state index contributed by atoms with van der Waals surface area (Å²) < 4.78 is 12.8. The van der Waals surface area contributed by atoms with Crippen LogP contribution in [0.1, 0.15) is 43.5 Å². The molecule has 20 heavy (non-hydrogen) atoms. The lowest BCUT2D eigenvalue weighted by Gasteiger charge is -2.35. The van der Waals surface area contributed by atoms with Crippen molar-refractivity contribution < 1.29 is 9.18 Å². The standard InChI is InChI=1S/C17H24FNO/c1-13-9-11-19(12-14(13)2)10-3-4-17(20)15-5-7-16(18)8-6-15/h5-8,13-14H,3-4,9-12H2,1-2H3. The van der Waals surface area contributed by atoms with Crippen LogP contribution in [0.2, 0.25) is 0 Å². The molecular formula is C17H24FNO. The summed E-state index contributed by atoms with van der Waals surface area (Å²) in [7, 11) is 0. The highest BCUT2D eigenvalue weighted by Gasteiger charge is 2.22. The normalized spacial score (nSPS) is 23.8. The summed E-state index contributed by atoms with van der Waals surface area (Å²) in [6, 6.07) is 5.84. The summed E-state index contributed by atoms with van der Waals surface area (Å²) in [4.78, 5) is 14.4. The number of ketones is 1. The number of hydrogen-bond acceptors (Lipinski definition) is 2. The highest BCUT2D eigenvalue weighted by molar-refractivity contribution is 5.95. The van der Waals surface area contributed by atoms with Gasteiger partial charge < -0.3 is 4.90 Å². The van der Waals surface area contributed by atoms with E-state index in [4.69, 9.17) is 0 Å². The van der Waals surface area contributed by atoms with E-state index in [1.807, 2.05) is 0 Å². The zero-order valence-electron chi connectivity index (χ0n) is 12.4. The minimum atomic E-state index is -0.294. The molecule has 0 saturated carbocycles. The maximum Gasteiger partial charge on any atom is 0.162 e. The summed E-state index contributed by atoms with van der Waals surface area (Å²) in [5, 5.41) is 0. The Hall–Kier alpha value is -1.22. The first kappa shape index (κ1) is 15.2. The second-order valence-electron chi connectivity index (χ2n) is 6.08. The van der Waals surface area contributed by atoms with E-state index in [2.05, 4.69) is 18.7 Å². The largest absolute Gasteiger partial charge is 0.303 e. The van der Waals surface area contributed by atoms with Gasteiger partial charge in [-0.05, 0) is 62.0 Å². The van der Waals surface area contributed by atoms with Crippen LogP contribution in [0.5, 0.6) is 0 Å². The van der Waals surface area contributed by atoms with Crippen LogP contribution >= 0.6 is 0 Å². The van der Waals surface area contributed by atoms with Gasteiger partial charge in [-0.3, -0.25) is 4.79 Å². The number of nitrogens with zero attached hydrogens (tertiary/aromatic N) is 1. The SMILES string of the molecule is CC1CCN(CCCC(=O)c2ccc(F)cc2)CC1C. The Morgan fingerprint density at radius 3 is 2.60 bits per heavy atom. The van der Waals surface area contributed by atoms with Gasteiger partial charge in [0.25, 0.3) is 0 Å². The predicted molar refractivity (Wildman–Crippen MR) is 79.3 cm³/mol. The second kappa shape index (κ2) is 6.98. The number of likely N-dealkylation sites (tertiary alicyclic amines) is 1. The van der Waals surface area contributed by atoms with Gasteiger partial charge in [0.05, 0.1) is 0 Å². The third-order valence-electron chi connectivity index (χ3n) is 4.46. The number of rotatable bonds is 5. The molecule has 1 aliphatic rings. The Morgan fingerprint density at radius 2 is 1.95 bits per heavy atom. The molecule has 2 rings (SSSR count). The smallest absolute Gasteiger partial charge is 0.162 e. The molecule has 0 spiro atoms. The van der Waals surface area contributed by atoms with Crippen molar-refractivity contribution in [3.05, 3.63) is 35.6 Å². The molecule has 2 nitrogen and oxygen atoms in total. The first-order chi connectivity index (χ1) is 9.56. The summed E-state index contributed by atoms with van der Waals surface area (Å²) in [6.07, 6.45) is 2.69. The molecule has 2 atom stereocenters. The monoisotopic (exact) mass is 277 g/mol. The first-order valence-electron chi connectivity index (χ1n) is 7.57. The molecule has 1 aliphatic heterocycles. The highest BCUT2D eigenvalue weighted by atomic mass is 19.1. The Kier molecular flexibility index (Phi) is 5.30. The molecule has 1 aromatic rings. The molecule has 3 heteroatoms. The molecule has 0 amide bonds. The molecule has 2 unspecified atom stereocenters. The molecule has 1 aromatic carbocycles. The molecule has 0 aliphatic carbocycles. The molecule has 1 fully saturated rings. The maximum atomic E-state index is 12.8. The average Bonchev–Trinajstić information content (AvgIpc) is 2.43. The van der Waals surface area contributed by atoms with Crippen LogP contribution in [0.4, 0.5) is 4.39 Å². The van der Waals surface area contributed by atoms with Crippen molar-refractivity contribution >= 4 is 5.78 Å². The molecule has 1 saturated heterocycles. The fourth-order valence-corrected chi connectivity index (χ4v) is 2.80. The van der Waals surface area contributed by atoms with E-state index < -0.39 is 0 Å². The van der Waals surface area contributed by atoms with Gasteiger partial charge in [-0.15, -0.1) is 0 Å². The highest BCUT2D eigenvalue weighted by Crippen LogP contribution is 2.22. The average molecular weight is 277 g/mol. The minimum absolute atomic E-state index is 0.114. The molecular weight excluding hydrogens is 253 g/mol. The van der Waals surface area contributed by atoms with Gasteiger partial charge in [0.15, 0.2) is 5.78 Å². The van der Waals surface area contributed by atoms with Crippen LogP contribution < -0.4 is 0 Å². The molecule has 0 radical (unpaired) electrons. The van der Waals surface area contributed by atoms with Crippen LogP contribution in [0.3, 0.4) is 0 Å². The topological polar surface area (TPSA) is 20.3 Å². The van der Waals surface area contributed by atoms with Crippen molar-refractivity contribution in [2.24, 2.45) is 11.8 Å². The number of hydrogen-bond donors (Lipinski definition) is 0. The number of Topliss-reactive ketones (excluding diaryl/α,β-unsaturated/α-hetero) is 1. The maximum absolute atomic E-state index is 12.8. The van der Waals surface area contributed by atoms with Crippen molar-refractivity contribution in [1.82, 2.24) is 4.90 Å². The van der Waals surface area contributed by atoms with E-state index in [9.17, 15) is 9.18 Å². The van der Waals surface area contributed by atoms with Crippen molar-refractivity contribution in [2.75, 3.05) is 19.6 Å². The van der Waals surface area contributed by atoms with E-state index in [1.54, 1.807) is 12.1 Å². The lowest BCUT2D eigenvalue weighted by molar-refractivity contribution is 0.0961. The Bertz CT molecular complexity index is 443. The molecule has 0 bridgehead atoms. The third kappa shape index (κ3) is 4.14. The van der Waals surface area contributed by atoms with Gasteiger partial charge in [-0.25, -0.2) is 4.39 Å². The summed E-state index contributed by atoms with van der Waals surface area (Å²) in [6.45, 7) is 7.91. The van der Waals surface area contributed by atoms with E-state index in [-0.39, 0.29) is 11.6 Å². The number of piperidine rings is 1. The summed E-state index contributed by atoms with van der Waals surface area (Å²) >= 11 is 0.